The van der Waals surface area contributed by atoms with Crippen molar-refractivity contribution in [2.75, 3.05) is 0 Å². The van der Waals surface area contributed by atoms with Crippen LogP contribution in [0.3, 0.4) is 0 Å². The van der Waals surface area contributed by atoms with Gasteiger partial charge in [-0.3, -0.25) is 0 Å². The molecule has 4 atom stereocenters. The van der Waals surface area contributed by atoms with Crippen molar-refractivity contribution in [1.29, 1.82) is 0 Å². The maximum Gasteiger partial charge on any atom is -0.0389 e. The van der Waals surface area contributed by atoms with Gasteiger partial charge in [-0.2, -0.15) is 0 Å². The summed E-state index contributed by atoms with van der Waals surface area (Å²) in [6, 6.07) is 0. The van der Waals surface area contributed by atoms with E-state index in [1.54, 1.807) is 0 Å². The minimum absolute atomic E-state index is 0.900. The van der Waals surface area contributed by atoms with E-state index in [1.807, 2.05) is 0 Å². The fraction of sp³-hybridized carbons (Fsp3) is 1.00. The Morgan fingerprint density at radius 3 is 1.65 bits per heavy atom. The lowest BCUT2D eigenvalue weighted by molar-refractivity contribution is 0.225. The molecule has 0 nitrogen and oxygen atoms in total. The molecule has 0 bridgehead atoms. The van der Waals surface area contributed by atoms with Crippen molar-refractivity contribution >= 4 is 0 Å². The third-order valence-corrected chi connectivity index (χ3v) is 5.90. The molecule has 0 saturated carbocycles. The van der Waals surface area contributed by atoms with E-state index in [4.69, 9.17) is 0 Å². The Hall–Kier alpha value is 0. The van der Waals surface area contributed by atoms with Crippen molar-refractivity contribution in [2.24, 2.45) is 29.6 Å². The quantitative estimate of drug-likeness (QED) is 0.351. The van der Waals surface area contributed by atoms with Crippen LogP contribution in [-0.2, 0) is 0 Å². The molecule has 0 amide bonds. The van der Waals surface area contributed by atoms with E-state index in [-0.39, 0.29) is 0 Å². The molecule has 0 spiro atoms. The zero-order valence-electron chi connectivity index (χ0n) is 15.5. The Morgan fingerprint density at radius 2 is 1.15 bits per heavy atom. The average molecular weight is 283 g/mol. The topological polar surface area (TPSA) is 0 Å². The van der Waals surface area contributed by atoms with Gasteiger partial charge in [0.15, 0.2) is 0 Å². The third kappa shape index (κ3) is 8.32. The standard InChI is InChI=1S/C20H42/c1-8-16(4)12-11-13-17(5)14-15-18(6)19(7)20(9-2)10-3/h16-20H,8-15H2,1-7H3. The molecule has 0 heterocycles. The predicted molar refractivity (Wildman–Crippen MR) is 94.1 cm³/mol. The van der Waals surface area contributed by atoms with Gasteiger partial charge in [-0.15, -0.1) is 0 Å². The first-order valence-corrected chi connectivity index (χ1v) is 9.46. The largest absolute Gasteiger partial charge is 0.0651 e. The van der Waals surface area contributed by atoms with Crippen molar-refractivity contribution in [3.63, 3.8) is 0 Å². The zero-order chi connectivity index (χ0) is 15.5. The van der Waals surface area contributed by atoms with Crippen LogP contribution in [0.15, 0.2) is 0 Å². The lowest BCUT2D eigenvalue weighted by Gasteiger charge is -2.28. The molecule has 0 aliphatic heterocycles. The van der Waals surface area contributed by atoms with Crippen molar-refractivity contribution in [2.45, 2.75) is 99.8 Å². The molecule has 0 aromatic rings. The Labute approximate surface area is 130 Å². The summed E-state index contributed by atoms with van der Waals surface area (Å²) in [6.07, 6.45) is 11.2. The van der Waals surface area contributed by atoms with Crippen LogP contribution in [0.5, 0.6) is 0 Å². The van der Waals surface area contributed by atoms with Gasteiger partial charge in [0.25, 0.3) is 0 Å². The number of rotatable bonds is 12. The van der Waals surface area contributed by atoms with Crippen LogP contribution in [0.4, 0.5) is 0 Å². The highest BCUT2D eigenvalue weighted by Crippen LogP contribution is 2.30. The van der Waals surface area contributed by atoms with Gasteiger partial charge >= 0.3 is 0 Å². The first kappa shape index (κ1) is 20.0. The molecule has 0 aromatic heterocycles. The van der Waals surface area contributed by atoms with Crippen LogP contribution in [0.2, 0.25) is 0 Å². The Kier molecular flexibility index (Phi) is 11.6. The number of hydrogen-bond acceptors (Lipinski definition) is 0. The molecule has 0 aliphatic carbocycles. The average Bonchev–Trinajstić information content (AvgIpc) is 2.45. The van der Waals surface area contributed by atoms with Gasteiger partial charge in [-0.25, -0.2) is 0 Å². The first-order valence-electron chi connectivity index (χ1n) is 9.46. The predicted octanol–water partition coefficient (Wildman–Crippen LogP) is 7.33. The highest BCUT2D eigenvalue weighted by molar-refractivity contribution is 4.70. The van der Waals surface area contributed by atoms with Crippen molar-refractivity contribution in [3.05, 3.63) is 0 Å². The molecule has 0 saturated heterocycles. The Balaban J connectivity index is 3.84. The summed E-state index contributed by atoms with van der Waals surface area (Å²) in [6.45, 7) is 16.8. The van der Waals surface area contributed by atoms with E-state index in [0.717, 1.165) is 29.6 Å². The molecule has 0 radical (unpaired) electrons. The van der Waals surface area contributed by atoms with E-state index in [2.05, 4.69) is 48.5 Å². The van der Waals surface area contributed by atoms with Crippen molar-refractivity contribution in [1.82, 2.24) is 0 Å². The van der Waals surface area contributed by atoms with E-state index < -0.39 is 0 Å². The molecule has 0 aromatic carbocycles. The molecule has 0 heteroatoms. The van der Waals surface area contributed by atoms with Crippen molar-refractivity contribution in [3.8, 4) is 0 Å². The van der Waals surface area contributed by atoms with Crippen LogP contribution < -0.4 is 0 Å². The van der Waals surface area contributed by atoms with Gasteiger partial charge in [0, 0.05) is 0 Å². The minimum Gasteiger partial charge on any atom is -0.0651 e. The molecular weight excluding hydrogens is 240 g/mol. The van der Waals surface area contributed by atoms with Gasteiger partial charge in [-0.1, -0.05) is 99.8 Å². The third-order valence-electron chi connectivity index (χ3n) is 5.90. The van der Waals surface area contributed by atoms with Crippen LogP contribution in [0, 0.1) is 29.6 Å². The second-order valence-corrected chi connectivity index (χ2v) is 7.54. The van der Waals surface area contributed by atoms with Crippen LogP contribution >= 0.6 is 0 Å². The smallest absolute Gasteiger partial charge is 0.0389 e. The highest BCUT2D eigenvalue weighted by atomic mass is 14.3. The lowest BCUT2D eigenvalue weighted by Crippen LogP contribution is -2.18. The van der Waals surface area contributed by atoms with Crippen molar-refractivity contribution < 1.29 is 0 Å². The van der Waals surface area contributed by atoms with E-state index in [0.29, 0.717) is 0 Å². The van der Waals surface area contributed by atoms with Gasteiger partial charge < -0.3 is 0 Å². The second kappa shape index (κ2) is 11.6. The van der Waals surface area contributed by atoms with Crippen LogP contribution in [0.25, 0.3) is 0 Å². The first-order chi connectivity index (χ1) is 9.46. The Morgan fingerprint density at radius 1 is 0.600 bits per heavy atom. The summed E-state index contributed by atoms with van der Waals surface area (Å²) in [7, 11) is 0. The molecule has 0 N–H and O–H groups in total. The lowest BCUT2D eigenvalue weighted by atomic mass is 9.78. The molecular formula is C20H42. The fourth-order valence-corrected chi connectivity index (χ4v) is 3.47. The SMILES string of the molecule is CCC(C)CCCC(C)CCC(C)C(C)C(CC)CC. The van der Waals surface area contributed by atoms with E-state index in [1.165, 1.54) is 51.4 Å². The summed E-state index contributed by atoms with van der Waals surface area (Å²) in [5.41, 5.74) is 0. The summed E-state index contributed by atoms with van der Waals surface area (Å²) >= 11 is 0. The normalized spacial score (nSPS) is 18.0. The maximum absolute atomic E-state index is 2.48. The zero-order valence-corrected chi connectivity index (χ0v) is 15.5. The number of hydrogen-bond donors (Lipinski definition) is 0. The van der Waals surface area contributed by atoms with Gasteiger partial charge in [-0.05, 0) is 29.6 Å². The molecule has 0 rings (SSSR count). The summed E-state index contributed by atoms with van der Waals surface area (Å²) in [4.78, 5) is 0. The maximum atomic E-state index is 2.48. The molecule has 0 fully saturated rings. The minimum atomic E-state index is 0.900. The fourth-order valence-electron chi connectivity index (χ4n) is 3.47. The second-order valence-electron chi connectivity index (χ2n) is 7.54. The monoisotopic (exact) mass is 282 g/mol. The molecule has 20 heavy (non-hydrogen) atoms. The summed E-state index contributed by atoms with van der Waals surface area (Å²) in [5, 5.41) is 0. The van der Waals surface area contributed by atoms with E-state index >= 15 is 0 Å². The van der Waals surface area contributed by atoms with Crippen LogP contribution in [0.1, 0.15) is 99.8 Å². The highest BCUT2D eigenvalue weighted by Gasteiger charge is 2.20. The summed E-state index contributed by atoms with van der Waals surface area (Å²) in [5.74, 6) is 4.59. The van der Waals surface area contributed by atoms with Gasteiger partial charge in [0.1, 0.15) is 0 Å². The van der Waals surface area contributed by atoms with Gasteiger partial charge in [0.05, 0.1) is 0 Å². The van der Waals surface area contributed by atoms with Gasteiger partial charge in [0.2, 0.25) is 0 Å². The molecule has 4 unspecified atom stereocenters. The Bertz CT molecular complexity index is 204. The summed E-state index contributed by atoms with van der Waals surface area (Å²) < 4.78 is 0. The van der Waals surface area contributed by atoms with Crippen LogP contribution in [-0.4, -0.2) is 0 Å². The molecule has 122 valence electrons. The van der Waals surface area contributed by atoms with E-state index in [9.17, 15) is 0 Å². The molecule has 0 aliphatic rings.